The Balaban J connectivity index is 1.43. The van der Waals surface area contributed by atoms with Crippen molar-refractivity contribution in [3.8, 4) is 0 Å². The second-order valence-electron chi connectivity index (χ2n) is 4.94. The molecule has 0 atom stereocenters. The van der Waals surface area contributed by atoms with Gasteiger partial charge in [0.05, 0.1) is 12.4 Å². The summed E-state index contributed by atoms with van der Waals surface area (Å²) < 4.78 is 5.19. The molecular formula is C14H23N3O. The van der Waals surface area contributed by atoms with Gasteiger partial charge in [-0.2, -0.15) is 0 Å². The van der Waals surface area contributed by atoms with Gasteiger partial charge in [-0.15, -0.1) is 0 Å². The number of hydrogen-bond donors (Lipinski definition) is 1. The molecule has 4 heteroatoms. The molecule has 1 aliphatic heterocycles. The minimum atomic E-state index is 0.977. The van der Waals surface area contributed by atoms with E-state index in [1.54, 1.807) is 0 Å². The van der Waals surface area contributed by atoms with E-state index in [0.29, 0.717) is 0 Å². The average Bonchev–Trinajstić information content (AvgIpc) is 3.00. The molecule has 4 nitrogen and oxygen atoms in total. The van der Waals surface area contributed by atoms with E-state index in [-0.39, 0.29) is 0 Å². The number of nitrogens with zero attached hydrogens (tertiary/aromatic N) is 2. The van der Waals surface area contributed by atoms with Gasteiger partial charge in [-0.05, 0) is 19.8 Å². The van der Waals surface area contributed by atoms with Crippen LogP contribution in [0.25, 0.3) is 0 Å². The first-order chi connectivity index (χ1) is 8.84. The lowest BCUT2D eigenvalue weighted by Crippen LogP contribution is -2.21. The number of rotatable bonds is 8. The maximum atomic E-state index is 5.19. The largest absolute Gasteiger partial charge is 0.373 e. The van der Waals surface area contributed by atoms with Crippen LogP contribution in [0.3, 0.4) is 0 Å². The highest BCUT2D eigenvalue weighted by atomic mass is 16.5. The van der Waals surface area contributed by atoms with Gasteiger partial charge in [0, 0.05) is 31.4 Å². The average molecular weight is 249 g/mol. The third kappa shape index (κ3) is 4.43. The third-order valence-electron chi connectivity index (χ3n) is 3.24. The second-order valence-corrected chi connectivity index (χ2v) is 4.94. The van der Waals surface area contributed by atoms with Crippen molar-refractivity contribution in [1.82, 2.24) is 15.4 Å². The van der Waals surface area contributed by atoms with Crippen molar-refractivity contribution in [3.63, 3.8) is 0 Å². The molecule has 1 N–H and O–H groups in total. The Morgan fingerprint density at radius 2 is 2.11 bits per heavy atom. The summed E-state index contributed by atoms with van der Waals surface area (Å²) in [6.07, 6.45) is 11.6. The minimum absolute atomic E-state index is 0.977. The van der Waals surface area contributed by atoms with E-state index in [1.165, 1.54) is 38.6 Å². The fraction of sp³-hybridized carbons (Fsp3) is 0.643. The summed E-state index contributed by atoms with van der Waals surface area (Å²) in [6, 6.07) is 2.03. The Morgan fingerprint density at radius 1 is 1.28 bits per heavy atom. The molecule has 0 fully saturated rings. The highest BCUT2D eigenvalue weighted by Crippen LogP contribution is 2.10. The zero-order valence-electron chi connectivity index (χ0n) is 11.2. The zero-order valence-corrected chi connectivity index (χ0v) is 11.2. The molecule has 2 heterocycles. The molecule has 18 heavy (non-hydrogen) atoms. The first-order valence-corrected chi connectivity index (χ1v) is 6.91. The highest BCUT2D eigenvalue weighted by molar-refractivity contribution is 5.02. The van der Waals surface area contributed by atoms with Crippen LogP contribution in [0.4, 0.5) is 0 Å². The molecule has 0 radical (unpaired) electrons. The number of unbranched alkanes of at least 4 members (excludes halogenated alkanes) is 4. The fourth-order valence-electron chi connectivity index (χ4n) is 2.21. The van der Waals surface area contributed by atoms with E-state index in [0.717, 1.165) is 24.5 Å². The van der Waals surface area contributed by atoms with Crippen molar-refractivity contribution >= 4 is 0 Å². The van der Waals surface area contributed by atoms with E-state index in [2.05, 4.69) is 21.6 Å². The lowest BCUT2D eigenvalue weighted by atomic mass is 10.1. The van der Waals surface area contributed by atoms with E-state index in [4.69, 9.17) is 4.52 Å². The lowest BCUT2D eigenvalue weighted by Gasteiger charge is -2.13. The summed E-state index contributed by atoms with van der Waals surface area (Å²) in [4.78, 5) is 2.32. The summed E-state index contributed by atoms with van der Waals surface area (Å²) in [5, 5.41) is 7.08. The van der Waals surface area contributed by atoms with Crippen molar-refractivity contribution in [2.24, 2.45) is 0 Å². The zero-order chi connectivity index (χ0) is 12.6. The van der Waals surface area contributed by atoms with E-state index >= 15 is 0 Å². The molecule has 0 unspecified atom stereocenters. The van der Waals surface area contributed by atoms with Crippen LogP contribution < -0.4 is 5.32 Å². The van der Waals surface area contributed by atoms with Gasteiger partial charge in [-0.1, -0.05) is 24.4 Å². The van der Waals surface area contributed by atoms with Gasteiger partial charge >= 0.3 is 0 Å². The Hall–Kier alpha value is -1.45. The monoisotopic (exact) mass is 249 g/mol. The predicted octanol–water partition coefficient (Wildman–Crippen LogP) is 2.81. The SMILES string of the molecule is Cc1cc(CCCCCCCN2C=CNC2)on1. The standard InChI is InChI=1S/C14H23N3O/c1-13-11-14(18-16-13)7-5-3-2-4-6-9-17-10-8-15-12-17/h8,10-11,15H,2-7,9,12H2,1H3. The number of aromatic nitrogens is 1. The Bertz CT molecular complexity index is 373. The van der Waals surface area contributed by atoms with Crippen LogP contribution in [0, 0.1) is 6.92 Å². The molecule has 100 valence electrons. The van der Waals surface area contributed by atoms with Crippen LogP contribution >= 0.6 is 0 Å². The van der Waals surface area contributed by atoms with Gasteiger partial charge in [0.1, 0.15) is 5.76 Å². The van der Waals surface area contributed by atoms with Gasteiger partial charge in [0.2, 0.25) is 0 Å². The molecule has 1 aromatic heterocycles. The van der Waals surface area contributed by atoms with Crippen molar-refractivity contribution in [3.05, 3.63) is 29.9 Å². The normalized spacial score (nSPS) is 14.2. The molecule has 0 bridgehead atoms. The van der Waals surface area contributed by atoms with Crippen LogP contribution in [-0.2, 0) is 6.42 Å². The minimum Gasteiger partial charge on any atom is -0.373 e. The van der Waals surface area contributed by atoms with Gasteiger partial charge in [-0.25, -0.2) is 0 Å². The van der Waals surface area contributed by atoms with Crippen molar-refractivity contribution in [2.75, 3.05) is 13.2 Å². The maximum Gasteiger partial charge on any atom is 0.136 e. The Morgan fingerprint density at radius 3 is 2.83 bits per heavy atom. The molecule has 0 aliphatic carbocycles. The summed E-state index contributed by atoms with van der Waals surface area (Å²) in [6.45, 7) is 4.12. The fourth-order valence-corrected chi connectivity index (χ4v) is 2.21. The molecule has 0 saturated heterocycles. The molecule has 0 spiro atoms. The van der Waals surface area contributed by atoms with E-state index < -0.39 is 0 Å². The summed E-state index contributed by atoms with van der Waals surface area (Å²) >= 11 is 0. The summed E-state index contributed by atoms with van der Waals surface area (Å²) in [5.74, 6) is 1.03. The third-order valence-corrected chi connectivity index (χ3v) is 3.24. The van der Waals surface area contributed by atoms with Crippen molar-refractivity contribution in [2.45, 2.75) is 45.4 Å². The Kier molecular flexibility index (Phi) is 5.12. The maximum absolute atomic E-state index is 5.19. The second kappa shape index (κ2) is 7.09. The quantitative estimate of drug-likeness (QED) is 0.719. The summed E-state index contributed by atoms with van der Waals surface area (Å²) in [5.41, 5.74) is 0.984. The van der Waals surface area contributed by atoms with Crippen LogP contribution in [0.5, 0.6) is 0 Å². The van der Waals surface area contributed by atoms with Gasteiger partial charge in [0.25, 0.3) is 0 Å². The van der Waals surface area contributed by atoms with Crippen molar-refractivity contribution in [1.29, 1.82) is 0 Å². The molecule has 0 aromatic carbocycles. The van der Waals surface area contributed by atoms with Crippen molar-refractivity contribution < 1.29 is 4.52 Å². The smallest absolute Gasteiger partial charge is 0.136 e. The first-order valence-electron chi connectivity index (χ1n) is 6.91. The van der Waals surface area contributed by atoms with Crippen LogP contribution in [0.1, 0.15) is 43.6 Å². The molecule has 1 aromatic rings. The van der Waals surface area contributed by atoms with Crippen LogP contribution in [0.15, 0.2) is 23.0 Å². The Labute approximate surface area is 109 Å². The molecular weight excluding hydrogens is 226 g/mol. The molecule has 2 rings (SSSR count). The van der Waals surface area contributed by atoms with Gasteiger partial charge in [0.15, 0.2) is 0 Å². The first kappa shape index (κ1) is 13.0. The molecule has 0 saturated carbocycles. The number of nitrogens with one attached hydrogen (secondary N) is 1. The topological polar surface area (TPSA) is 41.3 Å². The van der Waals surface area contributed by atoms with Gasteiger partial charge < -0.3 is 14.7 Å². The van der Waals surface area contributed by atoms with E-state index in [1.807, 2.05) is 19.2 Å². The van der Waals surface area contributed by atoms with Gasteiger partial charge in [-0.3, -0.25) is 0 Å². The van der Waals surface area contributed by atoms with Crippen LogP contribution in [-0.4, -0.2) is 23.3 Å². The molecule has 1 aliphatic rings. The number of aryl methyl sites for hydroxylation is 2. The molecule has 0 amide bonds. The van der Waals surface area contributed by atoms with Crippen LogP contribution in [0.2, 0.25) is 0 Å². The predicted molar refractivity (Wildman–Crippen MR) is 71.9 cm³/mol. The lowest BCUT2D eigenvalue weighted by molar-refractivity contribution is 0.368. The highest BCUT2D eigenvalue weighted by Gasteiger charge is 2.02. The van der Waals surface area contributed by atoms with E-state index in [9.17, 15) is 0 Å². The number of hydrogen-bond acceptors (Lipinski definition) is 4. The summed E-state index contributed by atoms with van der Waals surface area (Å²) in [7, 11) is 0.